The van der Waals surface area contributed by atoms with Crippen LogP contribution in [0, 0.1) is 5.92 Å². The van der Waals surface area contributed by atoms with Gasteiger partial charge in [-0.05, 0) is 32.1 Å². The smallest absolute Gasteiger partial charge is 0.222 e. The minimum absolute atomic E-state index is 0.0125. The Morgan fingerprint density at radius 2 is 2.00 bits per heavy atom. The summed E-state index contributed by atoms with van der Waals surface area (Å²) in [6, 6.07) is 0.150. The van der Waals surface area contributed by atoms with Gasteiger partial charge in [0.15, 0.2) is 5.96 Å². The second-order valence-electron chi connectivity index (χ2n) is 7.05. The van der Waals surface area contributed by atoms with Crippen molar-refractivity contribution >= 4 is 21.9 Å². The molecule has 2 aliphatic rings. The fourth-order valence-electron chi connectivity index (χ4n) is 3.13. The van der Waals surface area contributed by atoms with Crippen LogP contribution in [0.5, 0.6) is 0 Å². The lowest BCUT2D eigenvalue weighted by Crippen LogP contribution is -2.45. The summed E-state index contributed by atoms with van der Waals surface area (Å²) in [5.74, 6) is 1.27. The maximum Gasteiger partial charge on any atom is 0.222 e. The molecule has 9 heteroatoms. The molecule has 1 heterocycles. The van der Waals surface area contributed by atoms with E-state index in [4.69, 9.17) is 0 Å². The van der Waals surface area contributed by atoms with E-state index in [9.17, 15) is 13.2 Å². The molecule has 1 aliphatic carbocycles. The first-order valence-electron chi connectivity index (χ1n) is 9.73. The molecule has 1 saturated carbocycles. The van der Waals surface area contributed by atoms with Gasteiger partial charge in [0, 0.05) is 38.6 Å². The highest BCUT2D eigenvalue weighted by molar-refractivity contribution is 7.89. The maximum absolute atomic E-state index is 12.0. The number of hydrogen-bond donors (Lipinski definition) is 3. The van der Waals surface area contributed by atoms with Gasteiger partial charge >= 0.3 is 0 Å². The summed E-state index contributed by atoms with van der Waals surface area (Å²) >= 11 is 0. The second-order valence-corrected chi connectivity index (χ2v) is 8.97. The van der Waals surface area contributed by atoms with Gasteiger partial charge in [0.05, 0.1) is 12.3 Å². The first kappa shape index (κ1) is 21.0. The maximum atomic E-state index is 12.0. The van der Waals surface area contributed by atoms with Crippen molar-refractivity contribution < 1.29 is 13.2 Å². The van der Waals surface area contributed by atoms with Crippen LogP contribution in [-0.4, -0.2) is 69.7 Å². The number of aliphatic imine (C=N–C) groups is 1. The fraction of sp³-hybridized carbons (Fsp3) is 0.882. The lowest BCUT2D eigenvalue weighted by molar-refractivity contribution is -0.129. The number of rotatable bonds is 9. The van der Waals surface area contributed by atoms with Gasteiger partial charge in [0.25, 0.3) is 0 Å². The second kappa shape index (κ2) is 10.1. The number of sulfonamides is 1. The van der Waals surface area contributed by atoms with E-state index in [1.54, 1.807) is 0 Å². The zero-order valence-corrected chi connectivity index (χ0v) is 16.8. The molecule has 8 nitrogen and oxygen atoms in total. The van der Waals surface area contributed by atoms with Crippen LogP contribution in [0.2, 0.25) is 0 Å². The Hall–Kier alpha value is -1.35. The molecule has 0 spiro atoms. The fourth-order valence-corrected chi connectivity index (χ4v) is 4.10. The Morgan fingerprint density at radius 3 is 2.62 bits per heavy atom. The first-order chi connectivity index (χ1) is 12.4. The molecule has 3 N–H and O–H groups in total. The van der Waals surface area contributed by atoms with Crippen LogP contribution in [0.4, 0.5) is 0 Å². The monoisotopic (exact) mass is 387 g/mol. The van der Waals surface area contributed by atoms with Gasteiger partial charge in [-0.25, -0.2) is 13.1 Å². The molecule has 26 heavy (non-hydrogen) atoms. The van der Waals surface area contributed by atoms with E-state index in [2.05, 4.69) is 20.3 Å². The Kier molecular flexibility index (Phi) is 8.15. The minimum atomic E-state index is -3.28. The van der Waals surface area contributed by atoms with Crippen molar-refractivity contribution in [3.05, 3.63) is 0 Å². The van der Waals surface area contributed by atoms with Crippen molar-refractivity contribution in [2.45, 2.75) is 52.0 Å². The van der Waals surface area contributed by atoms with Crippen molar-refractivity contribution in [2.24, 2.45) is 10.9 Å². The molecule has 0 bridgehead atoms. The molecular weight excluding hydrogens is 354 g/mol. The van der Waals surface area contributed by atoms with Crippen LogP contribution in [0.15, 0.2) is 4.99 Å². The van der Waals surface area contributed by atoms with E-state index in [1.165, 1.54) is 6.42 Å². The Morgan fingerprint density at radius 1 is 1.23 bits per heavy atom. The molecule has 150 valence electrons. The van der Waals surface area contributed by atoms with Gasteiger partial charge < -0.3 is 15.5 Å². The quantitative estimate of drug-likeness (QED) is 0.389. The highest BCUT2D eigenvalue weighted by Crippen LogP contribution is 2.25. The number of likely N-dealkylation sites (tertiary alicyclic amines) is 1. The zero-order chi connectivity index (χ0) is 19.0. The van der Waals surface area contributed by atoms with Crippen molar-refractivity contribution in [2.75, 3.05) is 38.5 Å². The summed E-state index contributed by atoms with van der Waals surface area (Å²) in [5, 5.41) is 6.45. The molecule has 0 aromatic heterocycles. The van der Waals surface area contributed by atoms with Crippen molar-refractivity contribution in [1.29, 1.82) is 0 Å². The molecule has 1 saturated heterocycles. The van der Waals surface area contributed by atoms with E-state index in [0.29, 0.717) is 37.9 Å². The molecule has 1 unspecified atom stereocenters. The van der Waals surface area contributed by atoms with Crippen LogP contribution in [0.3, 0.4) is 0 Å². The third kappa shape index (κ3) is 6.75. The van der Waals surface area contributed by atoms with Gasteiger partial charge in [0.1, 0.15) is 0 Å². The average molecular weight is 388 g/mol. The van der Waals surface area contributed by atoms with E-state index < -0.39 is 10.0 Å². The average Bonchev–Trinajstić information content (AvgIpc) is 3.01. The van der Waals surface area contributed by atoms with Gasteiger partial charge in [-0.3, -0.25) is 9.79 Å². The molecule has 1 atom stereocenters. The lowest BCUT2D eigenvalue weighted by atomic mass is 9.86. The van der Waals surface area contributed by atoms with Crippen LogP contribution in [0.1, 0.15) is 46.0 Å². The highest BCUT2D eigenvalue weighted by Gasteiger charge is 2.26. The molecule has 2 rings (SSSR count). The normalized spacial score (nSPS) is 21.5. The van der Waals surface area contributed by atoms with E-state index >= 15 is 0 Å². The minimum Gasteiger partial charge on any atom is -0.357 e. The molecule has 0 radical (unpaired) electrons. The first-order valence-corrected chi connectivity index (χ1v) is 11.4. The Balaban J connectivity index is 1.77. The summed E-state index contributed by atoms with van der Waals surface area (Å²) in [6.07, 6.45) is 4.84. The number of nitrogens with one attached hydrogen (secondary N) is 3. The third-order valence-corrected chi connectivity index (χ3v) is 6.30. The van der Waals surface area contributed by atoms with E-state index in [1.807, 2.05) is 18.7 Å². The Labute approximate surface area is 157 Å². The number of amides is 1. The predicted octanol–water partition coefficient (Wildman–Crippen LogP) is 0.272. The molecule has 2 fully saturated rings. The SMILES string of the molecule is CCNC(=NCCS(=O)(=O)NCC1CCC1)NC1CCN(C(=O)CC)C1. The van der Waals surface area contributed by atoms with Gasteiger partial charge in [-0.15, -0.1) is 0 Å². The Bertz CT molecular complexity index is 589. The number of nitrogens with zero attached hydrogens (tertiary/aromatic N) is 2. The van der Waals surface area contributed by atoms with E-state index in [0.717, 1.165) is 25.8 Å². The van der Waals surface area contributed by atoms with Crippen LogP contribution in [-0.2, 0) is 14.8 Å². The summed E-state index contributed by atoms with van der Waals surface area (Å²) < 4.78 is 26.8. The van der Waals surface area contributed by atoms with Gasteiger partial charge in [0.2, 0.25) is 15.9 Å². The summed E-state index contributed by atoms with van der Waals surface area (Å²) in [6.45, 7) is 6.71. The predicted molar refractivity (Wildman–Crippen MR) is 104 cm³/mol. The number of guanidine groups is 1. The van der Waals surface area contributed by atoms with Crippen molar-refractivity contribution in [3.63, 3.8) is 0 Å². The topological polar surface area (TPSA) is 103 Å². The standard InChI is InChI=1S/C17H33N5O3S/c1-3-16(23)22-10-8-15(13-22)21-17(18-4-2)19-9-11-26(24,25)20-12-14-6-5-7-14/h14-15,20H,3-13H2,1-2H3,(H2,18,19,21). The number of carbonyl (C=O) groups is 1. The summed E-state index contributed by atoms with van der Waals surface area (Å²) in [4.78, 5) is 18.0. The van der Waals surface area contributed by atoms with Crippen molar-refractivity contribution in [1.82, 2.24) is 20.3 Å². The summed E-state index contributed by atoms with van der Waals surface area (Å²) in [5.41, 5.74) is 0. The van der Waals surface area contributed by atoms with E-state index in [-0.39, 0.29) is 24.2 Å². The van der Waals surface area contributed by atoms with Gasteiger partial charge in [-0.2, -0.15) is 0 Å². The van der Waals surface area contributed by atoms with Gasteiger partial charge in [-0.1, -0.05) is 13.3 Å². The third-order valence-electron chi connectivity index (χ3n) is 4.98. The molecule has 0 aromatic rings. The molecular formula is C17H33N5O3S. The molecule has 0 aromatic carbocycles. The molecule has 1 aliphatic heterocycles. The highest BCUT2D eigenvalue weighted by atomic mass is 32.2. The number of hydrogen-bond acceptors (Lipinski definition) is 4. The summed E-state index contributed by atoms with van der Waals surface area (Å²) in [7, 11) is -3.28. The van der Waals surface area contributed by atoms with Crippen LogP contribution in [0.25, 0.3) is 0 Å². The van der Waals surface area contributed by atoms with Crippen LogP contribution >= 0.6 is 0 Å². The van der Waals surface area contributed by atoms with Crippen LogP contribution < -0.4 is 15.4 Å². The van der Waals surface area contributed by atoms with Crippen molar-refractivity contribution in [3.8, 4) is 0 Å². The molecule has 1 amide bonds. The lowest BCUT2D eigenvalue weighted by Gasteiger charge is -2.25. The zero-order valence-electron chi connectivity index (χ0n) is 16.0. The largest absolute Gasteiger partial charge is 0.357 e. The number of carbonyl (C=O) groups excluding carboxylic acids is 1.